The third-order valence-corrected chi connectivity index (χ3v) is 9.94. The summed E-state index contributed by atoms with van der Waals surface area (Å²) in [6.07, 6.45) is 6.58. The predicted molar refractivity (Wildman–Crippen MR) is 185 cm³/mol. The Morgan fingerprint density at radius 3 is 2.55 bits per heavy atom. The minimum absolute atomic E-state index is 0.0623. The smallest absolute Gasteiger partial charge is 0.307 e. The second-order valence-electron chi connectivity index (χ2n) is 14.0. The maximum absolute atomic E-state index is 13.7. The van der Waals surface area contributed by atoms with Gasteiger partial charge in [0.05, 0.1) is 17.8 Å². The number of carbonyl (C=O) groups is 1. The van der Waals surface area contributed by atoms with E-state index in [0.717, 1.165) is 102 Å². The fraction of sp³-hybridized carbons (Fsp3) is 0.410. The number of nitrogens with zero attached hydrogens (tertiary/aromatic N) is 4. The van der Waals surface area contributed by atoms with Crippen LogP contribution in [0.2, 0.25) is 0 Å². The molecular weight excluding hydrogens is 589 g/mol. The van der Waals surface area contributed by atoms with Gasteiger partial charge in [0, 0.05) is 75.0 Å². The summed E-state index contributed by atoms with van der Waals surface area (Å²) in [7, 11) is 0. The molecule has 0 saturated carbocycles. The topological polar surface area (TPSA) is 81.6 Å². The number of fused-ring (bicyclic) bond motifs is 1. The average Bonchev–Trinajstić information content (AvgIpc) is 3.04. The molecule has 0 atom stereocenters. The van der Waals surface area contributed by atoms with Crippen LogP contribution in [-0.4, -0.2) is 45.6 Å². The molecule has 0 unspecified atom stereocenters. The van der Waals surface area contributed by atoms with Crippen LogP contribution in [0.15, 0.2) is 60.9 Å². The third-order valence-electron chi connectivity index (χ3n) is 9.94. The lowest BCUT2D eigenvalue weighted by Gasteiger charge is -2.40. The molecule has 0 spiro atoms. The Morgan fingerprint density at radius 2 is 1.83 bits per heavy atom. The minimum Gasteiger partial charge on any atom is -0.481 e. The third kappa shape index (κ3) is 7.71. The first kappa shape index (κ1) is 32.8. The molecule has 0 aliphatic carbocycles. The largest absolute Gasteiger partial charge is 0.481 e. The van der Waals surface area contributed by atoms with Crippen molar-refractivity contribution in [3.63, 3.8) is 0 Å². The van der Waals surface area contributed by atoms with Gasteiger partial charge in [-0.1, -0.05) is 44.2 Å². The van der Waals surface area contributed by atoms with E-state index in [2.05, 4.69) is 58.2 Å². The molecule has 0 amide bonds. The Morgan fingerprint density at radius 1 is 1.02 bits per heavy atom. The highest BCUT2D eigenvalue weighted by Crippen LogP contribution is 2.42. The van der Waals surface area contributed by atoms with Gasteiger partial charge in [-0.3, -0.25) is 19.7 Å². The normalized spacial score (nSPS) is 16.2. The van der Waals surface area contributed by atoms with E-state index in [0.29, 0.717) is 13.1 Å². The first-order valence-corrected chi connectivity index (χ1v) is 16.7. The van der Waals surface area contributed by atoms with Crippen molar-refractivity contribution in [3.8, 4) is 11.1 Å². The summed E-state index contributed by atoms with van der Waals surface area (Å²) < 4.78 is 13.7. The quantitative estimate of drug-likeness (QED) is 0.194. The number of aryl methyl sites for hydroxylation is 2. The first-order chi connectivity index (χ1) is 22.6. The summed E-state index contributed by atoms with van der Waals surface area (Å²) in [6.45, 7) is 14.1. The molecule has 2 aromatic heterocycles. The summed E-state index contributed by atoms with van der Waals surface area (Å²) in [6, 6.07) is 15.8. The van der Waals surface area contributed by atoms with Gasteiger partial charge in [0.1, 0.15) is 5.82 Å². The lowest BCUT2D eigenvalue weighted by molar-refractivity contribution is -0.136. The van der Waals surface area contributed by atoms with E-state index in [1.54, 1.807) is 18.3 Å². The van der Waals surface area contributed by atoms with Crippen LogP contribution in [0.4, 0.5) is 10.1 Å². The summed E-state index contributed by atoms with van der Waals surface area (Å²) in [5.74, 6) is -1.04. The Balaban J connectivity index is 1.37. The number of hydrogen-bond donors (Lipinski definition) is 2. The van der Waals surface area contributed by atoms with Gasteiger partial charge in [-0.15, -0.1) is 0 Å². The van der Waals surface area contributed by atoms with Gasteiger partial charge in [-0.2, -0.15) is 0 Å². The van der Waals surface area contributed by atoms with Crippen LogP contribution in [0.1, 0.15) is 71.5 Å². The maximum Gasteiger partial charge on any atom is 0.307 e. The van der Waals surface area contributed by atoms with Gasteiger partial charge in [-0.05, 0) is 90.1 Å². The molecule has 2 aliphatic heterocycles. The number of aliphatic carboxylic acids is 1. The SMILES string of the molecule is Cc1cc(F)ccc1CN1CCc2cc(-c3c(CNCc4cccnc4)nc(C)c(CC(=O)O)c3N3CCC(C)(C)CC3)ccc2C1. The minimum atomic E-state index is -0.844. The number of aromatic nitrogens is 2. The van der Waals surface area contributed by atoms with E-state index in [9.17, 15) is 14.3 Å². The lowest BCUT2D eigenvalue weighted by atomic mass is 9.81. The van der Waals surface area contributed by atoms with Crippen LogP contribution in [0.3, 0.4) is 0 Å². The zero-order chi connectivity index (χ0) is 33.1. The van der Waals surface area contributed by atoms with Crippen molar-refractivity contribution in [2.24, 2.45) is 5.41 Å². The van der Waals surface area contributed by atoms with Crippen molar-refractivity contribution >= 4 is 11.7 Å². The second-order valence-corrected chi connectivity index (χ2v) is 14.0. The zero-order valence-corrected chi connectivity index (χ0v) is 28.1. The molecule has 1 saturated heterocycles. The summed E-state index contributed by atoms with van der Waals surface area (Å²) in [5.41, 5.74) is 11.8. The van der Waals surface area contributed by atoms with Gasteiger partial charge in [0.25, 0.3) is 0 Å². The molecule has 4 heterocycles. The molecule has 6 rings (SSSR count). The molecule has 8 heteroatoms. The number of nitrogens with one attached hydrogen (secondary N) is 1. The highest BCUT2D eigenvalue weighted by Gasteiger charge is 2.31. The van der Waals surface area contributed by atoms with Gasteiger partial charge < -0.3 is 15.3 Å². The molecule has 0 bridgehead atoms. The monoisotopic (exact) mass is 635 g/mol. The maximum atomic E-state index is 13.7. The van der Waals surface area contributed by atoms with E-state index in [-0.39, 0.29) is 17.7 Å². The Hall–Kier alpha value is -4.14. The molecule has 0 radical (unpaired) electrons. The van der Waals surface area contributed by atoms with E-state index in [4.69, 9.17) is 4.98 Å². The van der Waals surface area contributed by atoms with Crippen molar-refractivity contribution in [2.45, 2.75) is 79.6 Å². The molecule has 47 heavy (non-hydrogen) atoms. The zero-order valence-electron chi connectivity index (χ0n) is 28.1. The number of benzene rings is 2. The van der Waals surface area contributed by atoms with Crippen molar-refractivity contribution in [3.05, 3.63) is 112 Å². The van der Waals surface area contributed by atoms with Gasteiger partial charge in [0.2, 0.25) is 0 Å². The Bertz CT molecular complexity index is 1750. The van der Waals surface area contributed by atoms with E-state index in [1.165, 1.54) is 11.1 Å². The molecule has 2 aliphatic rings. The number of carboxylic acids is 1. The van der Waals surface area contributed by atoms with Crippen molar-refractivity contribution < 1.29 is 14.3 Å². The Labute approximate surface area is 277 Å². The van der Waals surface area contributed by atoms with Gasteiger partial charge in [0.15, 0.2) is 0 Å². The molecule has 2 N–H and O–H groups in total. The number of piperidine rings is 1. The lowest BCUT2D eigenvalue weighted by Crippen LogP contribution is -2.38. The van der Waals surface area contributed by atoms with Crippen molar-refractivity contribution in [1.82, 2.24) is 20.2 Å². The van der Waals surface area contributed by atoms with Crippen LogP contribution in [-0.2, 0) is 43.8 Å². The molecular formula is C39H46FN5O2. The molecule has 7 nitrogen and oxygen atoms in total. The standard InChI is InChI=1S/C39H46FN5O2/c1-26-18-33(40)10-9-31(26)24-44-15-11-29-19-30(7-8-32(29)25-44)37-35(23-42-22-28-6-5-14-41-21-28)43-27(2)34(20-36(46)47)38(37)45-16-12-39(3,4)13-17-45/h5-10,14,18-19,21,42H,11-13,15-17,20,22-25H2,1-4H3,(H,46,47). The van der Waals surface area contributed by atoms with E-state index >= 15 is 0 Å². The van der Waals surface area contributed by atoms with Crippen LogP contribution >= 0.6 is 0 Å². The van der Waals surface area contributed by atoms with Gasteiger partial charge >= 0.3 is 5.97 Å². The highest BCUT2D eigenvalue weighted by atomic mass is 19.1. The van der Waals surface area contributed by atoms with Crippen molar-refractivity contribution in [1.29, 1.82) is 0 Å². The number of halogens is 1. The fourth-order valence-corrected chi connectivity index (χ4v) is 7.07. The number of hydrogen-bond acceptors (Lipinski definition) is 6. The van der Waals surface area contributed by atoms with Crippen LogP contribution in [0, 0.1) is 25.1 Å². The Kier molecular flexibility index (Phi) is 9.71. The average molecular weight is 636 g/mol. The van der Waals surface area contributed by atoms with Crippen LogP contribution < -0.4 is 10.2 Å². The molecule has 1 fully saturated rings. The molecule has 2 aromatic carbocycles. The highest BCUT2D eigenvalue weighted by molar-refractivity contribution is 5.87. The molecule has 246 valence electrons. The fourth-order valence-electron chi connectivity index (χ4n) is 7.07. The number of carboxylic acid groups (broad SMARTS) is 1. The first-order valence-electron chi connectivity index (χ1n) is 16.7. The van der Waals surface area contributed by atoms with Crippen LogP contribution in [0.5, 0.6) is 0 Å². The summed E-state index contributed by atoms with van der Waals surface area (Å²) >= 11 is 0. The van der Waals surface area contributed by atoms with Crippen molar-refractivity contribution in [2.75, 3.05) is 24.5 Å². The summed E-state index contributed by atoms with van der Waals surface area (Å²) in [4.78, 5) is 26.4. The van der Waals surface area contributed by atoms with E-state index < -0.39 is 5.97 Å². The summed E-state index contributed by atoms with van der Waals surface area (Å²) in [5, 5.41) is 13.6. The van der Waals surface area contributed by atoms with E-state index in [1.807, 2.05) is 32.2 Å². The van der Waals surface area contributed by atoms with Gasteiger partial charge in [-0.25, -0.2) is 4.39 Å². The number of pyridine rings is 2. The molecule has 4 aromatic rings. The second kappa shape index (κ2) is 13.9. The number of anilines is 1. The number of rotatable bonds is 10. The predicted octanol–water partition coefficient (Wildman–Crippen LogP) is 7.00. The van der Waals surface area contributed by atoms with Crippen LogP contribution in [0.25, 0.3) is 11.1 Å².